The molecule has 17 nitrogen and oxygen atoms in total. The van der Waals surface area contributed by atoms with Crippen LogP contribution in [0, 0.1) is 30.6 Å². The van der Waals surface area contributed by atoms with E-state index in [1.807, 2.05) is 39.5 Å². The average Bonchev–Trinajstić information content (AvgIpc) is 3.79. The van der Waals surface area contributed by atoms with Gasteiger partial charge in [-0.05, 0) is 87.3 Å². The van der Waals surface area contributed by atoms with Crippen molar-refractivity contribution in [2.24, 2.45) is 5.41 Å². The fraction of sp³-hybridized carbons (Fsp3) is 0.528. The minimum absolute atomic E-state index is 0.0214. The monoisotopic (exact) mass is 994 g/mol. The van der Waals surface area contributed by atoms with E-state index < -0.39 is 70.1 Å². The number of nitrogens with one attached hydrogen (secondary N) is 1. The lowest BCUT2D eigenvalue weighted by Gasteiger charge is -2.62. The maximum Gasteiger partial charge on any atom is 0.514 e. The van der Waals surface area contributed by atoms with Crippen LogP contribution in [0.5, 0.6) is 40.2 Å². The van der Waals surface area contributed by atoms with Crippen LogP contribution in [-0.2, 0) is 42.2 Å². The quantitative estimate of drug-likeness (QED) is 0.0994. The molecule has 7 aliphatic heterocycles. The minimum atomic E-state index is -1.53. The fourth-order valence-corrected chi connectivity index (χ4v) is 13.2. The maximum absolute atomic E-state index is 15.4. The first kappa shape index (κ1) is 49.8. The number of benzene rings is 3. The van der Waals surface area contributed by atoms with Crippen LogP contribution in [0.3, 0.4) is 0 Å². The molecule has 71 heavy (non-hydrogen) atoms. The Morgan fingerprint density at radius 2 is 1.70 bits per heavy atom. The van der Waals surface area contributed by atoms with Crippen LogP contribution in [0.15, 0.2) is 30.9 Å². The van der Waals surface area contributed by atoms with Crippen molar-refractivity contribution in [3.05, 3.63) is 75.4 Å². The fourth-order valence-electron chi connectivity index (χ4n) is 11.5. The standard InChI is InChI=1S/C53H62N4O13S/c1-13-16-64-46-38-30(17-26(2)43(46)63-12)18-32-33(22-54)56-34-23-65-49(60)53(31-20-35(62-11)36(19-29(31)14-15-55-53)69-50(61)70-52(8,9)10)24-71-48(42(56)41(38)57(32)37(59)21-51(5,6)7)40-39(34)47-45(66-25-67-47)27(3)44(40)68-28(4)58/h13,17,19-20,32-34,41-42,48,55H,1,14-16,18,21,23-25H2,2-12H3/t32-,33+,34+,41+,42?,48-,53-/m1/s1. The molecule has 10 rings (SSSR count). The predicted molar refractivity (Wildman–Crippen MR) is 260 cm³/mol. The maximum atomic E-state index is 15.4. The van der Waals surface area contributed by atoms with Crippen molar-refractivity contribution in [3.8, 4) is 46.3 Å². The largest absolute Gasteiger partial charge is 0.514 e. The summed E-state index contributed by atoms with van der Waals surface area (Å²) in [6.45, 7) is 20.3. The van der Waals surface area contributed by atoms with Gasteiger partial charge >= 0.3 is 18.1 Å². The van der Waals surface area contributed by atoms with Crippen molar-refractivity contribution in [1.82, 2.24) is 15.1 Å². The summed E-state index contributed by atoms with van der Waals surface area (Å²) < 4.78 is 55.2. The zero-order valence-electron chi connectivity index (χ0n) is 42.2. The topological polar surface area (TPSA) is 194 Å². The molecule has 7 aliphatic rings. The van der Waals surface area contributed by atoms with Gasteiger partial charge in [-0.25, -0.2) is 9.59 Å². The molecule has 1 amide bonds. The van der Waals surface area contributed by atoms with Crippen molar-refractivity contribution in [2.75, 3.05) is 46.5 Å². The van der Waals surface area contributed by atoms with E-state index in [1.54, 1.807) is 46.1 Å². The molecule has 1 N–H and O–H groups in total. The summed E-state index contributed by atoms with van der Waals surface area (Å²) in [7, 11) is 3.03. The van der Waals surface area contributed by atoms with Gasteiger partial charge in [-0.3, -0.25) is 19.8 Å². The van der Waals surface area contributed by atoms with Crippen LogP contribution >= 0.6 is 11.8 Å². The molecule has 3 aromatic carbocycles. The van der Waals surface area contributed by atoms with Gasteiger partial charge in [0.2, 0.25) is 12.7 Å². The number of ether oxygens (including phenoxy) is 9. The summed E-state index contributed by atoms with van der Waals surface area (Å²) in [6, 6.07) is 4.02. The number of amides is 1. The molecule has 3 aromatic rings. The summed E-state index contributed by atoms with van der Waals surface area (Å²) in [6.07, 6.45) is 1.68. The SMILES string of the molecule is C=CCOc1c(OC)c(C)cc2c1[C@H]1C3[C@@H]4SC[C@]5(NCCc6cc(OC(=O)OC(C)(C)C)c(OC)cc65)C(=O)OC[C@@H](c5c6c(c(C)c(OC(C)=O)c54)OCO6)N3[C@@H](C#N)[C@@H](C2)N1C(=O)CC(C)(C)C. The Bertz CT molecular complexity index is 2780. The van der Waals surface area contributed by atoms with Gasteiger partial charge in [-0.1, -0.05) is 39.5 Å². The first-order chi connectivity index (χ1) is 33.7. The number of esters is 2. The summed E-state index contributed by atoms with van der Waals surface area (Å²) >= 11 is 1.41. The van der Waals surface area contributed by atoms with E-state index in [1.165, 1.54) is 25.8 Å². The normalized spacial score (nSPS) is 25.0. The Labute approximate surface area is 418 Å². The molecule has 2 fully saturated rings. The number of methoxy groups -OCH3 is 2. The number of nitrogens with zero attached hydrogens (tertiary/aromatic N) is 3. The summed E-state index contributed by atoms with van der Waals surface area (Å²) in [5, 5.41) is 14.4. The molecule has 0 radical (unpaired) electrons. The molecule has 0 saturated carbocycles. The molecule has 7 atom stereocenters. The van der Waals surface area contributed by atoms with Gasteiger partial charge < -0.3 is 47.5 Å². The Morgan fingerprint density at radius 3 is 2.37 bits per heavy atom. The molecule has 7 heterocycles. The number of carbonyl (C=O) groups excluding carboxylic acids is 4. The van der Waals surface area contributed by atoms with E-state index in [-0.39, 0.29) is 55.3 Å². The van der Waals surface area contributed by atoms with Gasteiger partial charge in [0, 0.05) is 47.9 Å². The Hall–Kier alpha value is -6.16. The Balaban J connectivity index is 1.32. The third-order valence-corrected chi connectivity index (χ3v) is 15.5. The van der Waals surface area contributed by atoms with Crippen LogP contribution in [0.2, 0.25) is 0 Å². The predicted octanol–water partition coefficient (Wildman–Crippen LogP) is 7.79. The smallest absolute Gasteiger partial charge is 0.493 e. The Morgan fingerprint density at radius 1 is 0.958 bits per heavy atom. The molecule has 0 aromatic heterocycles. The van der Waals surface area contributed by atoms with E-state index >= 15 is 9.59 Å². The number of piperazine rings is 1. The number of thioether (sulfide) groups is 1. The van der Waals surface area contributed by atoms with Gasteiger partial charge in [-0.15, -0.1) is 11.8 Å². The highest BCUT2D eigenvalue weighted by atomic mass is 32.2. The lowest BCUT2D eigenvalue weighted by atomic mass is 9.70. The minimum Gasteiger partial charge on any atom is -0.493 e. The number of nitriles is 1. The number of fused-ring (bicyclic) bond motifs is 9. The van der Waals surface area contributed by atoms with Crippen LogP contribution in [0.25, 0.3) is 0 Å². The van der Waals surface area contributed by atoms with E-state index in [9.17, 15) is 14.9 Å². The summed E-state index contributed by atoms with van der Waals surface area (Å²) in [5.74, 6) is 1.02. The second-order valence-corrected chi connectivity index (χ2v) is 22.2. The third-order valence-electron chi connectivity index (χ3n) is 14.0. The molecule has 378 valence electrons. The lowest BCUT2D eigenvalue weighted by Crippen LogP contribution is -2.71. The van der Waals surface area contributed by atoms with Crippen molar-refractivity contribution in [1.29, 1.82) is 5.26 Å². The molecule has 0 aliphatic carbocycles. The molecular formula is C53H62N4O13S. The van der Waals surface area contributed by atoms with Crippen molar-refractivity contribution in [3.63, 3.8) is 0 Å². The second kappa shape index (κ2) is 18.5. The van der Waals surface area contributed by atoms with Crippen molar-refractivity contribution >= 4 is 35.8 Å². The third kappa shape index (κ3) is 8.46. The van der Waals surface area contributed by atoms with Gasteiger partial charge in [0.1, 0.15) is 30.6 Å². The number of rotatable bonds is 8. The van der Waals surface area contributed by atoms with E-state index in [0.29, 0.717) is 70.2 Å². The molecule has 4 bridgehead atoms. The van der Waals surface area contributed by atoms with Crippen LogP contribution in [0.1, 0.15) is 117 Å². The van der Waals surface area contributed by atoms with Gasteiger partial charge in [0.25, 0.3) is 0 Å². The molecular weight excluding hydrogens is 933 g/mol. The van der Waals surface area contributed by atoms with E-state index in [0.717, 1.165) is 16.7 Å². The van der Waals surface area contributed by atoms with Crippen molar-refractivity contribution < 1.29 is 61.8 Å². The summed E-state index contributed by atoms with van der Waals surface area (Å²) in [5.41, 5.74) is 2.62. The second-order valence-electron chi connectivity index (χ2n) is 21.1. The van der Waals surface area contributed by atoms with Crippen molar-refractivity contribution in [2.45, 2.75) is 128 Å². The zero-order chi connectivity index (χ0) is 51.1. The first-order valence-corrected chi connectivity index (χ1v) is 24.9. The van der Waals surface area contributed by atoms with Crippen LogP contribution < -0.4 is 38.5 Å². The summed E-state index contributed by atoms with van der Waals surface area (Å²) in [4.78, 5) is 61.1. The Kier molecular flexibility index (Phi) is 13.0. The van der Waals surface area contributed by atoms with Gasteiger partial charge in [-0.2, -0.15) is 5.26 Å². The highest BCUT2D eigenvalue weighted by Gasteiger charge is 2.63. The number of hydrogen-bond donors (Lipinski definition) is 1. The van der Waals surface area contributed by atoms with Crippen LogP contribution in [0.4, 0.5) is 4.79 Å². The highest BCUT2D eigenvalue weighted by Crippen LogP contribution is 2.65. The number of hydrogen-bond acceptors (Lipinski definition) is 17. The van der Waals surface area contributed by atoms with Gasteiger partial charge in [0.15, 0.2) is 40.0 Å². The van der Waals surface area contributed by atoms with E-state index in [2.05, 4.69) is 28.9 Å². The van der Waals surface area contributed by atoms with Crippen LogP contribution in [-0.4, -0.2) is 104 Å². The molecule has 1 spiro atoms. The van der Waals surface area contributed by atoms with E-state index in [4.69, 9.17) is 42.6 Å². The number of carbonyl (C=O) groups is 4. The lowest BCUT2D eigenvalue weighted by molar-refractivity contribution is -0.162. The number of aryl methyl sites for hydroxylation is 1. The average molecular weight is 995 g/mol. The zero-order valence-corrected chi connectivity index (χ0v) is 43.0. The highest BCUT2D eigenvalue weighted by molar-refractivity contribution is 7.99. The van der Waals surface area contributed by atoms with Gasteiger partial charge in [0.05, 0.1) is 49.7 Å². The molecule has 18 heteroatoms. The molecule has 1 unspecified atom stereocenters. The molecule has 2 saturated heterocycles. The first-order valence-electron chi connectivity index (χ1n) is 23.9.